The van der Waals surface area contributed by atoms with E-state index in [4.69, 9.17) is 0 Å². The molecule has 1 fully saturated rings. The number of anilines is 2. The monoisotopic (exact) mass is 396 g/mol. The van der Waals surface area contributed by atoms with Crippen LogP contribution in [-0.4, -0.2) is 18.4 Å². The Balaban J connectivity index is 1.46. The number of para-hydroxylation sites is 2. The molecule has 0 radical (unpaired) electrons. The molecule has 3 aromatic carbocycles. The van der Waals surface area contributed by atoms with Crippen LogP contribution in [0, 0.1) is 5.41 Å². The standard InChI is InChI=1S/C26H24N2O2/c29-24(27-18-15-21-11-7-8-14-23(21)27)26(16-17-26)25(30)28(22-12-5-2-6-13-22)19-20-9-3-1-4-10-20/h1-14H,15-19H2. The molecule has 1 saturated carbocycles. The number of nitrogens with zero attached hydrogens (tertiary/aromatic N) is 2. The highest BCUT2D eigenvalue weighted by Gasteiger charge is 2.60. The number of benzene rings is 3. The lowest BCUT2D eigenvalue weighted by Gasteiger charge is -2.30. The third-order valence-corrected chi connectivity index (χ3v) is 6.20. The summed E-state index contributed by atoms with van der Waals surface area (Å²) in [6, 6.07) is 27.6. The van der Waals surface area contributed by atoms with E-state index in [1.54, 1.807) is 4.90 Å². The van der Waals surface area contributed by atoms with E-state index < -0.39 is 5.41 Å². The van der Waals surface area contributed by atoms with E-state index in [0.29, 0.717) is 25.9 Å². The smallest absolute Gasteiger partial charge is 0.243 e. The molecule has 0 unspecified atom stereocenters. The quantitative estimate of drug-likeness (QED) is 0.592. The van der Waals surface area contributed by atoms with Crippen molar-refractivity contribution in [3.63, 3.8) is 0 Å². The molecule has 1 heterocycles. The van der Waals surface area contributed by atoms with Crippen LogP contribution in [0.3, 0.4) is 0 Å². The van der Waals surface area contributed by atoms with Gasteiger partial charge in [0, 0.05) is 17.9 Å². The molecule has 3 aromatic rings. The molecule has 0 spiro atoms. The van der Waals surface area contributed by atoms with Crippen LogP contribution in [0.1, 0.15) is 24.0 Å². The highest BCUT2D eigenvalue weighted by molar-refractivity contribution is 6.18. The van der Waals surface area contributed by atoms with E-state index in [-0.39, 0.29) is 11.8 Å². The zero-order valence-corrected chi connectivity index (χ0v) is 16.8. The number of rotatable bonds is 5. The Morgan fingerprint density at radius 2 is 1.47 bits per heavy atom. The minimum atomic E-state index is -0.942. The van der Waals surface area contributed by atoms with Crippen molar-refractivity contribution >= 4 is 23.2 Å². The number of amides is 2. The zero-order chi connectivity index (χ0) is 20.6. The normalized spacial score (nSPS) is 16.1. The van der Waals surface area contributed by atoms with E-state index >= 15 is 0 Å². The van der Waals surface area contributed by atoms with Crippen molar-refractivity contribution in [2.24, 2.45) is 5.41 Å². The van der Waals surface area contributed by atoms with Crippen LogP contribution in [-0.2, 0) is 22.6 Å². The molecule has 4 nitrogen and oxygen atoms in total. The average molecular weight is 396 g/mol. The van der Waals surface area contributed by atoms with Gasteiger partial charge in [-0.15, -0.1) is 0 Å². The number of hydrogen-bond donors (Lipinski definition) is 0. The Morgan fingerprint density at radius 3 is 2.17 bits per heavy atom. The van der Waals surface area contributed by atoms with Crippen molar-refractivity contribution in [1.29, 1.82) is 0 Å². The van der Waals surface area contributed by atoms with E-state index in [1.807, 2.05) is 83.8 Å². The fourth-order valence-electron chi connectivity index (χ4n) is 4.36. The lowest BCUT2D eigenvalue weighted by Crippen LogP contribution is -2.46. The first-order valence-electron chi connectivity index (χ1n) is 10.5. The maximum atomic E-state index is 13.8. The van der Waals surface area contributed by atoms with Crippen molar-refractivity contribution in [3.05, 3.63) is 96.1 Å². The molecule has 0 atom stereocenters. The molecule has 5 rings (SSSR count). The number of fused-ring (bicyclic) bond motifs is 1. The van der Waals surface area contributed by atoms with Gasteiger partial charge in [0.1, 0.15) is 5.41 Å². The molecular weight excluding hydrogens is 372 g/mol. The highest BCUT2D eigenvalue weighted by atomic mass is 16.2. The van der Waals surface area contributed by atoms with Crippen molar-refractivity contribution in [1.82, 2.24) is 0 Å². The maximum Gasteiger partial charge on any atom is 0.243 e. The lowest BCUT2D eigenvalue weighted by atomic mass is 10.0. The van der Waals surface area contributed by atoms with Gasteiger partial charge in [0.2, 0.25) is 11.8 Å². The second-order valence-electron chi connectivity index (χ2n) is 8.13. The first kappa shape index (κ1) is 18.6. The van der Waals surface area contributed by atoms with Crippen molar-refractivity contribution in [2.45, 2.75) is 25.8 Å². The van der Waals surface area contributed by atoms with Crippen LogP contribution in [0.25, 0.3) is 0 Å². The predicted octanol–water partition coefficient (Wildman–Crippen LogP) is 4.59. The Hall–Kier alpha value is -3.40. The van der Waals surface area contributed by atoms with E-state index in [2.05, 4.69) is 6.07 Å². The summed E-state index contributed by atoms with van der Waals surface area (Å²) in [4.78, 5) is 31.0. The molecule has 1 aliphatic heterocycles. The highest BCUT2D eigenvalue weighted by Crippen LogP contribution is 2.51. The lowest BCUT2D eigenvalue weighted by molar-refractivity contribution is -0.134. The fourth-order valence-corrected chi connectivity index (χ4v) is 4.36. The number of hydrogen-bond acceptors (Lipinski definition) is 2. The Morgan fingerprint density at radius 1 is 0.833 bits per heavy atom. The first-order valence-corrected chi connectivity index (χ1v) is 10.5. The van der Waals surface area contributed by atoms with E-state index in [9.17, 15) is 9.59 Å². The van der Waals surface area contributed by atoms with Gasteiger partial charge < -0.3 is 9.80 Å². The molecule has 1 aliphatic carbocycles. The molecule has 0 aromatic heterocycles. The van der Waals surface area contributed by atoms with Crippen molar-refractivity contribution in [3.8, 4) is 0 Å². The molecule has 30 heavy (non-hydrogen) atoms. The van der Waals surface area contributed by atoms with Gasteiger partial charge >= 0.3 is 0 Å². The van der Waals surface area contributed by atoms with Crippen LogP contribution in [0.4, 0.5) is 11.4 Å². The van der Waals surface area contributed by atoms with E-state index in [0.717, 1.165) is 23.4 Å². The Labute approximate surface area is 176 Å². The molecule has 150 valence electrons. The molecule has 2 aliphatic rings. The molecular formula is C26H24N2O2. The Bertz CT molecular complexity index is 1070. The van der Waals surface area contributed by atoms with E-state index in [1.165, 1.54) is 5.56 Å². The van der Waals surface area contributed by atoms with Crippen LogP contribution >= 0.6 is 0 Å². The van der Waals surface area contributed by atoms with Gasteiger partial charge in [-0.25, -0.2) is 0 Å². The van der Waals surface area contributed by atoms with Crippen molar-refractivity contribution in [2.75, 3.05) is 16.3 Å². The van der Waals surface area contributed by atoms with Gasteiger partial charge in [-0.05, 0) is 48.6 Å². The zero-order valence-electron chi connectivity index (χ0n) is 16.8. The van der Waals surface area contributed by atoms with Crippen molar-refractivity contribution < 1.29 is 9.59 Å². The fraction of sp³-hybridized carbons (Fsp3) is 0.231. The summed E-state index contributed by atoms with van der Waals surface area (Å²) in [5.74, 6) is -0.140. The topological polar surface area (TPSA) is 40.6 Å². The van der Waals surface area contributed by atoms with Crippen LogP contribution in [0.5, 0.6) is 0 Å². The van der Waals surface area contributed by atoms with Gasteiger partial charge in [-0.2, -0.15) is 0 Å². The average Bonchev–Trinajstić information content (AvgIpc) is 3.51. The second-order valence-corrected chi connectivity index (χ2v) is 8.13. The first-order chi connectivity index (χ1) is 14.7. The summed E-state index contributed by atoms with van der Waals surface area (Å²) in [5, 5.41) is 0. The molecule has 0 bridgehead atoms. The third-order valence-electron chi connectivity index (χ3n) is 6.20. The minimum absolute atomic E-state index is 0.0496. The van der Waals surface area contributed by atoms with Crippen LogP contribution in [0.2, 0.25) is 0 Å². The molecule has 0 N–H and O–H groups in total. The largest absolute Gasteiger partial charge is 0.311 e. The summed E-state index contributed by atoms with van der Waals surface area (Å²) < 4.78 is 0. The SMILES string of the molecule is O=C(N(Cc1ccccc1)c1ccccc1)C1(C(=O)N2CCc3ccccc32)CC1. The summed E-state index contributed by atoms with van der Waals surface area (Å²) in [7, 11) is 0. The van der Waals surface area contributed by atoms with Gasteiger partial charge in [0.05, 0.1) is 6.54 Å². The number of carbonyl (C=O) groups is 2. The van der Waals surface area contributed by atoms with Gasteiger partial charge in [0.25, 0.3) is 0 Å². The van der Waals surface area contributed by atoms with Gasteiger partial charge in [-0.3, -0.25) is 9.59 Å². The summed E-state index contributed by atoms with van der Waals surface area (Å²) in [6.07, 6.45) is 2.07. The summed E-state index contributed by atoms with van der Waals surface area (Å²) in [5.41, 5.74) is 3.06. The molecule has 4 heteroatoms. The van der Waals surface area contributed by atoms with Crippen LogP contribution < -0.4 is 9.80 Å². The third kappa shape index (κ3) is 3.18. The van der Waals surface area contributed by atoms with Gasteiger partial charge in [-0.1, -0.05) is 66.7 Å². The van der Waals surface area contributed by atoms with Crippen LogP contribution in [0.15, 0.2) is 84.9 Å². The second kappa shape index (κ2) is 7.45. The van der Waals surface area contributed by atoms with Gasteiger partial charge in [0.15, 0.2) is 0 Å². The molecule has 0 saturated heterocycles. The predicted molar refractivity (Wildman–Crippen MR) is 118 cm³/mol. The summed E-state index contributed by atoms with van der Waals surface area (Å²) >= 11 is 0. The minimum Gasteiger partial charge on any atom is -0.311 e. The number of carbonyl (C=O) groups excluding carboxylic acids is 2. The summed E-state index contributed by atoms with van der Waals surface area (Å²) in [6.45, 7) is 1.10. The maximum absolute atomic E-state index is 13.8. The Kier molecular flexibility index (Phi) is 4.62. The molecule has 2 amide bonds.